The molecule has 84 valence electrons. The zero-order valence-corrected chi connectivity index (χ0v) is 9.42. The van der Waals surface area contributed by atoms with Crippen molar-refractivity contribution in [3.63, 3.8) is 0 Å². The van der Waals surface area contributed by atoms with E-state index in [0.717, 1.165) is 24.5 Å². The van der Waals surface area contributed by atoms with E-state index in [1.165, 1.54) is 25.7 Å². The quantitative estimate of drug-likeness (QED) is 0.726. The molecular formula is C11H20N4. The van der Waals surface area contributed by atoms with Crippen LogP contribution in [-0.2, 0) is 5.41 Å². The Balaban J connectivity index is 2.26. The first-order valence-electron chi connectivity index (χ1n) is 5.86. The van der Waals surface area contributed by atoms with Crippen LogP contribution < -0.4 is 5.73 Å². The average molecular weight is 208 g/mol. The van der Waals surface area contributed by atoms with Gasteiger partial charge in [-0.2, -0.15) is 5.10 Å². The highest BCUT2D eigenvalue weighted by molar-refractivity contribution is 5.09. The van der Waals surface area contributed by atoms with Crippen LogP contribution >= 0.6 is 0 Å². The second-order valence-corrected chi connectivity index (χ2v) is 4.64. The molecule has 0 amide bonds. The molecule has 1 aromatic heterocycles. The molecule has 0 atom stereocenters. The number of H-pyrrole nitrogens is 1. The van der Waals surface area contributed by atoms with Gasteiger partial charge in [0.25, 0.3) is 0 Å². The lowest BCUT2D eigenvalue weighted by atomic mass is 9.80. The predicted molar refractivity (Wildman–Crippen MR) is 59.6 cm³/mol. The summed E-state index contributed by atoms with van der Waals surface area (Å²) in [4.78, 5) is 4.47. The van der Waals surface area contributed by atoms with Crippen LogP contribution in [0.15, 0.2) is 0 Å². The molecule has 1 fully saturated rings. The average Bonchev–Trinajstić information content (AvgIpc) is 2.56. The van der Waals surface area contributed by atoms with Gasteiger partial charge in [0.05, 0.1) is 0 Å². The fraction of sp³-hybridized carbons (Fsp3) is 0.818. The normalized spacial score (nSPS) is 21.2. The van der Waals surface area contributed by atoms with Gasteiger partial charge in [-0.1, -0.05) is 25.7 Å². The number of aromatic amines is 1. The first-order valence-corrected chi connectivity index (χ1v) is 5.86. The lowest BCUT2D eigenvalue weighted by Gasteiger charge is -2.27. The van der Waals surface area contributed by atoms with Crippen LogP contribution in [0.3, 0.4) is 0 Å². The van der Waals surface area contributed by atoms with E-state index in [-0.39, 0.29) is 5.41 Å². The molecule has 1 heterocycles. The third-order valence-electron chi connectivity index (χ3n) is 3.52. The number of hydrogen-bond donors (Lipinski definition) is 2. The molecule has 0 aromatic carbocycles. The van der Waals surface area contributed by atoms with Crippen molar-refractivity contribution in [3.8, 4) is 0 Å². The van der Waals surface area contributed by atoms with Crippen molar-refractivity contribution in [2.45, 2.75) is 50.9 Å². The van der Waals surface area contributed by atoms with Gasteiger partial charge in [0.2, 0.25) is 0 Å². The number of rotatable bonds is 2. The molecule has 1 aliphatic carbocycles. The van der Waals surface area contributed by atoms with E-state index in [2.05, 4.69) is 15.2 Å². The molecule has 0 bridgehead atoms. The minimum absolute atomic E-state index is 0.0429. The molecule has 0 radical (unpaired) electrons. The van der Waals surface area contributed by atoms with Gasteiger partial charge in [-0.3, -0.25) is 5.10 Å². The molecule has 0 spiro atoms. The summed E-state index contributed by atoms with van der Waals surface area (Å²) in [6.07, 6.45) is 7.44. The van der Waals surface area contributed by atoms with E-state index in [9.17, 15) is 0 Å². The molecule has 2 rings (SSSR count). The van der Waals surface area contributed by atoms with Crippen LogP contribution in [0.2, 0.25) is 0 Å². The minimum Gasteiger partial charge on any atom is -0.329 e. The Labute approximate surface area is 90.7 Å². The summed E-state index contributed by atoms with van der Waals surface area (Å²) in [6, 6.07) is 0. The van der Waals surface area contributed by atoms with Gasteiger partial charge >= 0.3 is 0 Å². The summed E-state index contributed by atoms with van der Waals surface area (Å²) in [7, 11) is 0. The van der Waals surface area contributed by atoms with Crippen molar-refractivity contribution in [1.82, 2.24) is 15.2 Å². The summed E-state index contributed by atoms with van der Waals surface area (Å²) >= 11 is 0. The largest absolute Gasteiger partial charge is 0.329 e. The van der Waals surface area contributed by atoms with Gasteiger partial charge in [0, 0.05) is 12.0 Å². The Morgan fingerprint density at radius 2 is 1.93 bits per heavy atom. The van der Waals surface area contributed by atoms with Gasteiger partial charge in [0.1, 0.15) is 5.82 Å². The Kier molecular flexibility index (Phi) is 3.05. The fourth-order valence-corrected chi connectivity index (χ4v) is 2.50. The monoisotopic (exact) mass is 208 g/mol. The smallest absolute Gasteiger partial charge is 0.158 e. The highest BCUT2D eigenvalue weighted by Gasteiger charge is 2.35. The van der Waals surface area contributed by atoms with Crippen molar-refractivity contribution in [3.05, 3.63) is 11.6 Å². The second-order valence-electron chi connectivity index (χ2n) is 4.64. The summed E-state index contributed by atoms with van der Waals surface area (Å²) in [5.74, 6) is 1.83. The Morgan fingerprint density at radius 1 is 1.27 bits per heavy atom. The van der Waals surface area contributed by atoms with Crippen molar-refractivity contribution in [1.29, 1.82) is 0 Å². The van der Waals surface area contributed by atoms with Gasteiger partial charge in [-0.25, -0.2) is 4.98 Å². The van der Waals surface area contributed by atoms with Gasteiger partial charge < -0.3 is 5.73 Å². The molecule has 3 N–H and O–H groups in total. The Morgan fingerprint density at radius 3 is 2.40 bits per heavy atom. The first kappa shape index (κ1) is 10.6. The van der Waals surface area contributed by atoms with E-state index in [0.29, 0.717) is 6.54 Å². The zero-order valence-electron chi connectivity index (χ0n) is 9.42. The number of nitrogens with zero attached hydrogens (tertiary/aromatic N) is 2. The number of nitrogens with two attached hydrogens (primary N) is 1. The van der Waals surface area contributed by atoms with Crippen molar-refractivity contribution in [2.24, 2.45) is 5.73 Å². The lowest BCUT2D eigenvalue weighted by molar-refractivity contribution is 0.360. The fourth-order valence-electron chi connectivity index (χ4n) is 2.50. The number of aryl methyl sites for hydroxylation is 1. The first-order chi connectivity index (χ1) is 7.27. The van der Waals surface area contributed by atoms with Crippen LogP contribution in [0.1, 0.15) is 50.2 Å². The maximum atomic E-state index is 5.96. The minimum atomic E-state index is 0.0429. The van der Waals surface area contributed by atoms with Gasteiger partial charge in [0.15, 0.2) is 5.82 Å². The van der Waals surface area contributed by atoms with Crippen molar-refractivity contribution in [2.75, 3.05) is 6.54 Å². The molecule has 1 aromatic rings. The predicted octanol–water partition coefficient (Wildman–Crippen LogP) is 1.66. The summed E-state index contributed by atoms with van der Waals surface area (Å²) in [5, 5.41) is 7.24. The molecule has 15 heavy (non-hydrogen) atoms. The molecule has 1 saturated carbocycles. The molecule has 0 saturated heterocycles. The highest BCUT2D eigenvalue weighted by Crippen LogP contribution is 2.35. The number of aromatic nitrogens is 3. The molecule has 4 heteroatoms. The van der Waals surface area contributed by atoms with Crippen molar-refractivity contribution < 1.29 is 0 Å². The standard InChI is InChI=1S/C11H20N4/c1-9-13-10(15-14-9)11(8-12)6-4-2-3-5-7-11/h2-8,12H2,1H3,(H,13,14,15). The van der Waals surface area contributed by atoms with Crippen LogP contribution in [0.4, 0.5) is 0 Å². The van der Waals surface area contributed by atoms with Gasteiger partial charge in [-0.15, -0.1) is 0 Å². The third-order valence-corrected chi connectivity index (χ3v) is 3.52. The highest BCUT2D eigenvalue weighted by atomic mass is 15.2. The Hall–Kier alpha value is -0.900. The summed E-state index contributed by atoms with van der Waals surface area (Å²) in [6.45, 7) is 2.61. The molecule has 1 aliphatic rings. The second kappa shape index (κ2) is 4.31. The SMILES string of the molecule is Cc1nc(C2(CN)CCCCCC2)n[nH]1. The topological polar surface area (TPSA) is 67.6 Å². The number of nitrogens with one attached hydrogen (secondary N) is 1. The Bertz CT molecular complexity index is 310. The van der Waals surface area contributed by atoms with E-state index in [1.54, 1.807) is 0 Å². The molecule has 0 aliphatic heterocycles. The zero-order chi connectivity index (χ0) is 10.7. The van der Waals surface area contributed by atoms with Crippen LogP contribution in [-0.4, -0.2) is 21.7 Å². The van der Waals surface area contributed by atoms with Crippen LogP contribution in [0.25, 0.3) is 0 Å². The maximum absolute atomic E-state index is 5.96. The summed E-state index contributed by atoms with van der Waals surface area (Å²) in [5.41, 5.74) is 6.00. The maximum Gasteiger partial charge on any atom is 0.158 e. The van der Waals surface area contributed by atoms with Gasteiger partial charge in [-0.05, 0) is 19.8 Å². The van der Waals surface area contributed by atoms with E-state index in [1.807, 2.05) is 6.92 Å². The van der Waals surface area contributed by atoms with Crippen molar-refractivity contribution >= 4 is 0 Å². The molecular weight excluding hydrogens is 188 g/mol. The molecule has 0 unspecified atom stereocenters. The van der Waals surface area contributed by atoms with Crippen LogP contribution in [0.5, 0.6) is 0 Å². The van der Waals surface area contributed by atoms with Crippen LogP contribution in [0, 0.1) is 6.92 Å². The van der Waals surface area contributed by atoms with E-state index in [4.69, 9.17) is 5.73 Å². The van der Waals surface area contributed by atoms with E-state index < -0.39 is 0 Å². The number of hydrogen-bond acceptors (Lipinski definition) is 3. The third kappa shape index (κ3) is 2.04. The van der Waals surface area contributed by atoms with E-state index >= 15 is 0 Å². The molecule has 4 nitrogen and oxygen atoms in total. The lowest BCUT2D eigenvalue weighted by Crippen LogP contribution is -2.35. The summed E-state index contributed by atoms with van der Waals surface area (Å²) < 4.78 is 0.